The van der Waals surface area contributed by atoms with Gasteiger partial charge in [-0.15, -0.1) is 11.3 Å². The van der Waals surface area contributed by atoms with Crippen molar-refractivity contribution in [2.24, 2.45) is 5.92 Å². The van der Waals surface area contributed by atoms with Crippen LogP contribution in [0.5, 0.6) is 0 Å². The maximum absolute atomic E-state index is 11.4. The van der Waals surface area contributed by atoms with Gasteiger partial charge >= 0.3 is 0 Å². The number of thiophene rings is 1. The zero-order chi connectivity index (χ0) is 15.0. The summed E-state index contributed by atoms with van der Waals surface area (Å²) in [6.45, 7) is 3.88. The average molecular weight is 304 g/mol. The minimum atomic E-state index is -1.08. The minimum Gasteiger partial charge on any atom is -0.548 e. The van der Waals surface area contributed by atoms with Crippen LogP contribution in [0, 0.1) is 5.92 Å². The summed E-state index contributed by atoms with van der Waals surface area (Å²) >= 11 is 1.70. The smallest absolute Gasteiger partial charge is 0.138 e. The molecular weight excluding hydrogens is 286 g/mol. The SMILES string of the molecule is CC[C@@H](C)[C@@H](Nc1ncnc2sc3c(c12)CCC3)C(=O)[O-]. The van der Waals surface area contributed by atoms with Crippen molar-refractivity contribution in [2.45, 2.75) is 45.6 Å². The van der Waals surface area contributed by atoms with Gasteiger partial charge in [0.05, 0.1) is 17.4 Å². The second-order valence-corrected chi connectivity index (χ2v) is 6.67. The molecule has 2 atom stereocenters. The van der Waals surface area contributed by atoms with Crippen molar-refractivity contribution in [1.82, 2.24) is 9.97 Å². The molecule has 0 fully saturated rings. The molecule has 0 unspecified atom stereocenters. The Labute approximate surface area is 127 Å². The summed E-state index contributed by atoms with van der Waals surface area (Å²) in [4.78, 5) is 22.3. The van der Waals surface area contributed by atoms with Gasteiger partial charge < -0.3 is 15.2 Å². The van der Waals surface area contributed by atoms with E-state index in [4.69, 9.17) is 0 Å². The van der Waals surface area contributed by atoms with Crippen LogP contribution in [0.1, 0.15) is 37.1 Å². The molecular formula is C15H18N3O2S-. The molecule has 1 aliphatic carbocycles. The summed E-state index contributed by atoms with van der Waals surface area (Å²) in [5, 5.41) is 15.5. The Morgan fingerprint density at radius 2 is 2.29 bits per heavy atom. The molecule has 0 spiro atoms. The number of aromatic nitrogens is 2. The molecule has 0 aromatic carbocycles. The van der Waals surface area contributed by atoms with E-state index in [1.165, 1.54) is 16.8 Å². The lowest BCUT2D eigenvalue weighted by atomic mass is 9.99. The molecule has 0 saturated heterocycles. The average Bonchev–Trinajstić information content (AvgIpc) is 3.03. The van der Waals surface area contributed by atoms with E-state index >= 15 is 0 Å². The van der Waals surface area contributed by atoms with E-state index in [2.05, 4.69) is 15.3 Å². The molecule has 21 heavy (non-hydrogen) atoms. The topological polar surface area (TPSA) is 77.9 Å². The Hall–Kier alpha value is -1.69. The van der Waals surface area contributed by atoms with Crippen molar-refractivity contribution >= 4 is 33.3 Å². The van der Waals surface area contributed by atoms with Crippen LogP contribution in [0.2, 0.25) is 0 Å². The van der Waals surface area contributed by atoms with Crippen molar-refractivity contribution in [2.75, 3.05) is 5.32 Å². The second-order valence-electron chi connectivity index (χ2n) is 5.59. The maximum atomic E-state index is 11.4. The lowest BCUT2D eigenvalue weighted by molar-refractivity contribution is -0.307. The predicted octanol–water partition coefficient (Wildman–Crippen LogP) is 1.76. The number of carboxylic acids is 1. The molecule has 1 N–H and O–H groups in total. The van der Waals surface area contributed by atoms with Gasteiger partial charge in [-0.05, 0) is 30.7 Å². The zero-order valence-corrected chi connectivity index (χ0v) is 13.0. The summed E-state index contributed by atoms with van der Waals surface area (Å²) in [5.41, 5.74) is 1.29. The number of carbonyl (C=O) groups is 1. The fourth-order valence-corrected chi connectivity index (χ4v) is 4.08. The number of hydrogen-bond donors (Lipinski definition) is 1. The Morgan fingerprint density at radius 3 is 3.00 bits per heavy atom. The molecule has 3 rings (SSSR count). The Balaban J connectivity index is 2.02. The van der Waals surface area contributed by atoms with E-state index in [1.54, 1.807) is 11.3 Å². The highest BCUT2D eigenvalue weighted by atomic mass is 32.1. The third-order valence-corrected chi connectivity index (χ3v) is 5.46. The summed E-state index contributed by atoms with van der Waals surface area (Å²) in [5.74, 6) is -0.469. The van der Waals surface area contributed by atoms with Crippen LogP contribution in [-0.4, -0.2) is 22.0 Å². The van der Waals surface area contributed by atoms with E-state index in [1.807, 2.05) is 13.8 Å². The number of nitrogens with zero attached hydrogens (tertiary/aromatic N) is 2. The van der Waals surface area contributed by atoms with Crippen molar-refractivity contribution in [3.05, 3.63) is 16.8 Å². The third kappa shape index (κ3) is 2.48. The van der Waals surface area contributed by atoms with Gasteiger partial charge in [-0.3, -0.25) is 0 Å². The highest BCUT2D eigenvalue weighted by Crippen LogP contribution is 2.39. The first kappa shape index (κ1) is 14.3. The zero-order valence-electron chi connectivity index (χ0n) is 12.2. The Morgan fingerprint density at radius 1 is 1.48 bits per heavy atom. The number of rotatable bonds is 5. The van der Waals surface area contributed by atoms with Crippen molar-refractivity contribution in [1.29, 1.82) is 0 Å². The molecule has 5 nitrogen and oxygen atoms in total. The van der Waals surface area contributed by atoms with E-state index < -0.39 is 12.0 Å². The van der Waals surface area contributed by atoms with Gasteiger partial charge in [0, 0.05) is 4.88 Å². The Bertz CT molecular complexity index is 683. The van der Waals surface area contributed by atoms with Crippen LogP contribution >= 0.6 is 11.3 Å². The lowest BCUT2D eigenvalue weighted by Crippen LogP contribution is -2.45. The Kier molecular flexibility index (Phi) is 3.80. The number of carboxylic acid groups (broad SMARTS) is 1. The quantitative estimate of drug-likeness (QED) is 0.910. The number of nitrogens with one attached hydrogen (secondary N) is 1. The molecule has 0 saturated carbocycles. The molecule has 0 radical (unpaired) electrons. The van der Waals surface area contributed by atoms with E-state index in [0.717, 1.165) is 35.9 Å². The number of aryl methyl sites for hydroxylation is 2. The van der Waals surface area contributed by atoms with Crippen molar-refractivity contribution in [3.63, 3.8) is 0 Å². The van der Waals surface area contributed by atoms with Crippen LogP contribution in [-0.2, 0) is 17.6 Å². The molecule has 2 heterocycles. The molecule has 1 aliphatic rings. The van der Waals surface area contributed by atoms with Gasteiger partial charge in [0.15, 0.2) is 0 Å². The fraction of sp³-hybridized carbons (Fsp3) is 0.533. The van der Waals surface area contributed by atoms with Gasteiger partial charge in [-0.2, -0.15) is 0 Å². The van der Waals surface area contributed by atoms with Gasteiger partial charge in [-0.25, -0.2) is 9.97 Å². The van der Waals surface area contributed by atoms with Gasteiger partial charge in [0.2, 0.25) is 0 Å². The van der Waals surface area contributed by atoms with Gasteiger partial charge in [0.1, 0.15) is 17.0 Å². The maximum Gasteiger partial charge on any atom is 0.138 e. The summed E-state index contributed by atoms with van der Waals surface area (Å²) in [6.07, 6.45) is 5.53. The molecule has 112 valence electrons. The van der Waals surface area contributed by atoms with Crippen molar-refractivity contribution in [3.8, 4) is 0 Å². The van der Waals surface area contributed by atoms with Crippen molar-refractivity contribution < 1.29 is 9.90 Å². The molecule has 6 heteroatoms. The first-order valence-electron chi connectivity index (χ1n) is 7.34. The number of fused-ring (bicyclic) bond motifs is 3. The minimum absolute atomic E-state index is 0.0216. The molecule has 2 aromatic rings. The van der Waals surface area contributed by atoms with Crippen LogP contribution in [0.4, 0.5) is 5.82 Å². The standard InChI is InChI=1S/C15H19N3O2S/c1-3-8(2)12(15(19)20)18-13-11-9-5-4-6-10(9)21-14(11)17-7-16-13/h7-8,12H,3-6H2,1-2H3,(H,19,20)(H,16,17,18)/p-1/t8-,12-/m1/s1. The molecule has 0 amide bonds. The number of hydrogen-bond acceptors (Lipinski definition) is 6. The second kappa shape index (κ2) is 5.60. The number of carbonyl (C=O) groups excluding carboxylic acids is 1. The number of aliphatic carboxylic acids is 1. The fourth-order valence-electron chi connectivity index (χ4n) is 2.85. The highest BCUT2D eigenvalue weighted by Gasteiger charge is 2.24. The normalized spacial score (nSPS) is 16.7. The molecule has 0 aliphatic heterocycles. The molecule has 0 bridgehead atoms. The summed E-state index contributed by atoms with van der Waals surface area (Å²) in [7, 11) is 0. The monoisotopic (exact) mass is 304 g/mol. The van der Waals surface area contributed by atoms with E-state index in [9.17, 15) is 9.90 Å². The van der Waals surface area contributed by atoms with Crippen LogP contribution < -0.4 is 10.4 Å². The third-order valence-electron chi connectivity index (χ3n) is 4.26. The predicted molar refractivity (Wildman–Crippen MR) is 81.3 cm³/mol. The van der Waals surface area contributed by atoms with Crippen LogP contribution in [0.3, 0.4) is 0 Å². The van der Waals surface area contributed by atoms with Gasteiger partial charge in [0.25, 0.3) is 0 Å². The number of anilines is 1. The molecule has 2 aromatic heterocycles. The van der Waals surface area contributed by atoms with E-state index in [-0.39, 0.29) is 5.92 Å². The van der Waals surface area contributed by atoms with E-state index in [0.29, 0.717) is 5.82 Å². The van der Waals surface area contributed by atoms with Gasteiger partial charge in [-0.1, -0.05) is 20.3 Å². The first-order chi connectivity index (χ1) is 10.1. The largest absolute Gasteiger partial charge is 0.548 e. The summed E-state index contributed by atoms with van der Waals surface area (Å²) in [6, 6.07) is -0.731. The van der Waals surface area contributed by atoms with Crippen LogP contribution in [0.15, 0.2) is 6.33 Å². The highest BCUT2D eigenvalue weighted by molar-refractivity contribution is 7.19. The lowest BCUT2D eigenvalue weighted by Gasteiger charge is -2.26. The first-order valence-corrected chi connectivity index (χ1v) is 8.16. The van der Waals surface area contributed by atoms with Crippen LogP contribution in [0.25, 0.3) is 10.2 Å². The summed E-state index contributed by atoms with van der Waals surface area (Å²) < 4.78 is 0.